The van der Waals surface area contributed by atoms with Crippen LogP contribution in [0.4, 0.5) is 0 Å². The summed E-state index contributed by atoms with van der Waals surface area (Å²) in [5, 5.41) is 0. The highest BCUT2D eigenvalue weighted by molar-refractivity contribution is 7.89. The zero-order valence-electron chi connectivity index (χ0n) is 12.0. The Labute approximate surface area is 125 Å². The zero-order valence-corrected chi connectivity index (χ0v) is 13.5. The van der Waals surface area contributed by atoms with Gasteiger partial charge in [-0.1, -0.05) is 12.1 Å². The molecule has 1 aromatic rings. The van der Waals surface area contributed by atoms with E-state index in [4.69, 9.17) is 16.3 Å². The molecule has 1 heterocycles. The summed E-state index contributed by atoms with van der Waals surface area (Å²) in [4.78, 5) is 0.344. The van der Waals surface area contributed by atoms with E-state index in [9.17, 15) is 8.42 Å². The molecule has 1 aliphatic heterocycles. The molecule has 0 radical (unpaired) electrons. The normalized spacial score (nSPS) is 24.8. The molecule has 20 heavy (non-hydrogen) atoms. The number of sulfonamides is 1. The van der Waals surface area contributed by atoms with E-state index in [1.165, 1.54) is 4.31 Å². The van der Waals surface area contributed by atoms with Gasteiger partial charge in [-0.2, -0.15) is 4.31 Å². The summed E-state index contributed by atoms with van der Waals surface area (Å²) in [6.07, 6.45) is -0.0857. The number of halogens is 1. The van der Waals surface area contributed by atoms with Crippen molar-refractivity contribution in [2.75, 3.05) is 13.2 Å². The molecule has 0 saturated carbocycles. The van der Waals surface area contributed by atoms with Gasteiger partial charge in [0.1, 0.15) is 0 Å². The van der Waals surface area contributed by atoms with E-state index in [2.05, 4.69) is 0 Å². The second-order valence-electron chi connectivity index (χ2n) is 5.24. The molecule has 0 aliphatic carbocycles. The zero-order chi connectivity index (χ0) is 14.9. The summed E-state index contributed by atoms with van der Waals surface area (Å²) in [7, 11) is -3.51. The minimum absolute atomic E-state index is 0.0857. The number of alkyl halides is 1. The van der Waals surface area contributed by atoms with E-state index in [0.717, 1.165) is 11.1 Å². The minimum Gasteiger partial charge on any atom is -0.375 e. The SMILES string of the molecule is Cc1c(CCl)cccc1S(=O)(=O)N1CC(C)OCC1C. The van der Waals surface area contributed by atoms with E-state index in [1.54, 1.807) is 19.1 Å². The van der Waals surface area contributed by atoms with Crippen LogP contribution in [0.3, 0.4) is 0 Å². The monoisotopic (exact) mass is 317 g/mol. The van der Waals surface area contributed by atoms with Gasteiger partial charge in [-0.15, -0.1) is 11.6 Å². The van der Waals surface area contributed by atoms with Crippen LogP contribution in [0.5, 0.6) is 0 Å². The van der Waals surface area contributed by atoms with Crippen molar-refractivity contribution < 1.29 is 13.2 Å². The number of hydrogen-bond donors (Lipinski definition) is 0. The highest BCUT2D eigenvalue weighted by Gasteiger charge is 2.35. The molecule has 4 nitrogen and oxygen atoms in total. The van der Waals surface area contributed by atoms with Gasteiger partial charge in [0.15, 0.2) is 0 Å². The van der Waals surface area contributed by atoms with Crippen LogP contribution in [0.2, 0.25) is 0 Å². The maximum absolute atomic E-state index is 12.9. The number of benzene rings is 1. The number of morpholine rings is 1. The van der Waals surface area contributed by atoms with Crippen molar-refractivity contribution in [3.8, 4) is 0 Å². The number of rotatable bonds is 3. The predicted octanol–water partition coefficient (Wildman–Crippen LogP) is 2.53. The molecule has 0 spiro atoms. The topological polar surface area (TPSA) is 46.6 Å². The number of ether oxygens (including phenoxy) is 1. The van der Waals surface area contributed by atoms with Crippen molar-refractivity contribution in [1.82, 2.24) is 4.31 Å². The maximum Gasteiger partial charge on any atom is 0.243 e. The molecule has 2 rings (SSSR count). The summed E-state index contributed by atoms with van der Waals surface area (Å²) in [6, 6.07) is 5.09. The molecule has 2 atom stereocenters. The first-order valence-corrected chi connectivity index (χ1v) is 8.63. The largest absolute Gasteiger partial charge is 0.375 e. The fourth-order valence-electron chi connectivity index (χ4n) is 2.42. The Morgan fingerprint density at radius 1 is 1.40 bits per heavy atom. The Bertz CT molecular complexity index is 588. The first-order chi connectivity index (χ1) is 9.37. The average Bonchev–Trinajstić information content (AvgIpc) is 2.41. The van der Waals surface area contributed by atoms with E-state index >= 15 is 0 Å². The van der Waals surface area contributed by atoms with Crippen LogP contribution in [0, 0.1) is 6.92 Å². The predicted molar refractivity (Wildman–Crippen MR) is 79.5 cm³/mol. The lowest BCUT2D eigenvalue weighted by molar-refractivity contribution is -0.0170. The van der Waals surface area contributed by atoms with Gasteiger partial charge in [0.2, 0.25) is 10.0 Å². The van der Waals surface area contributed by atoms with Crippen molar-refractivity contribution in [3.05, 3.63) is 29.3 Å². The van der Waals surface area contributed by atoms with Crippen LogP contribution in [0.1, 0.15) is 25.0 Å². The van der Waals surface area contributed by atoms with Gasteiger partial charge in [0.25, 0.3) is 0 Å². The third-order valence-electron chi connectivity index (χ3n) is 3.68. The van der Waals surface area contributed by atoms with Crippen molar-refractivity contribution in [2.24, 2.45) is 0 Å². The van der Waals surface area contributed by atoms with Gasteiger partial charge in [-0.25, -0.2) is 8.42 Å². The molecule has 0 N–H and O–H groups in total. The summed E-state index contributed by atoms with van der Waals surface area (Å²) < 4.78 is 32.7. The van der Waals surface area contributed by atoms with Crippen LogP contribution >= 0.6 is 11.6 Å². The summed E-state index contributed by atoms with van der Waals surface area (Å²) in [5.74, 6) is 0.310. The second-order valence-corrected chi connectivity index (χ2v) is 7.37. The first-order valence-electron chi connectivity index (χ1n) is 6.65. The van der Waals surface area contributed by atoms with Crippen LogP contribution < -0.4 is 0 Å². The standard InChI is InChI=1S/C14H20ClNO3S/c1-10-9-19-11(2)8-16(10)20(17,18)14-6-4-5-13(7-15)12(14)3/h4-6,10-11H,7-9H2,1-3H3. The molecule has 0 amide bonds. The molecule has 6 heteroatoms. The lowest BCUT2D eigenvalue weighted by Gasteiger charge is -2.36. The van der Waals surface area contributed by atoms with E-state index in [-0.39, 0.29) is 12.1 Å². The average molecular weight is 318 g/mol. The van der Waals surface area contributed by atoms with Gasteiger partial charge < -0.3 is 4.74 Å². The quantitative estimate of drug-likeness (QED) is 0.805. The fraction of sp³-hybridized carbons (Fsp3) is 0.571. The second kappa shape index (κ2) is 6.02. The van der Waals surface area contributed by atoms with Gasteiger partial charge in [-0.3, -0.25) is 0 Å². The molecule has 1 fully saturated rings. The molecule has 1 aliphatic rings. The Balaban J connectivity index is 2.44. The smallest absolute Gasteiger partial charge is 0.243 e. The summed E-state index contributed by atoms with van der Waals surface area (Å²) in [5.41, 5.74) is 1.58. The first kappa shape index (κ1) is 15.8. The number of hydrogen-bond acceptors (Lipinski definition) is 3. The Kier molecular flexibility index (Phi) is 4.74. The highest BCUT2D eigenvalue weighted by Crippen LogP contribution is 2.27. The van der Waals surface area contributed by atoms with E-state index < -0.39 is 10.0 Å². The van der Waals surface area contributed by atoms with Crippen LogP contribution in [-0.2, 0) is 20.6 Å². The maximum atomic E-state index is 12.9. The van der Waals surface area contributed by atoms with Gasteiger partial charge in [-0.05, 0) is 38.0 Å². The van der Waals surface area contributed by atoms with Crippen LogP contribution in [0.15, 0.2) is 23.1 Å². The summed E-state index contributed by atoms with van der Waals surface area (Å²) >= 11 is 5.86. The molecule has 1 aromatic carbocycles. The summed E-state index contributed by atoms with van der Waals surface area (Å²) in [6.45, 7) is 6.36. The van der Waals surface area contributed by atoms with Crippen molar-refractivity contribution in [2.45, 2.75) is 43.7 Å². The van der Waals surface area contributed by atoms with Gasteiger partial charge in [0, 0.05) is 18.5 Å². The Morgan fingerprint density at radius 2 is 2.10 bits per heavy atom. The molecule has 2 unspecified atom stereocenters. The lowest BCUT2D eigenvalue weighted by atomic mass is 10.1. The molecule has 0 bridgehead atoms. The van der Waals surface area contributed by atoms with Crippen molar-refractivity contribution >= 4 is 21.6 Å². The van der Waals surface area contributed by atoms with Gasteiger partial charge >= 0.3 is 0 Å². The molecule has 1 saturated heterocycles. The van der Waals surface area contributed by atoms with E-state index in [1.807, 2.05) is 19.9 Å². The minimum atomic E-state index is -3.51. The molecule has 0 aromatic heterocycles. The Morgan fingerprint density at radius 3 is 2.75 bits per heavy atom. The third kappa shape index (κ3) is 2.86. The Hall–Kier alpha value is -0.620. The lowest BCUT2D eigenvalue weighted by Crippen LogP contribution is -2.50. The van der Waals surface area contributed by atoms with E-state index in [0.29, 0.717) is 23.9 Å². The molecular formula is C14H20ClNO3S. The highest BCUT2D eigenvalue weighted by atomic mass is 35.5. The third-order valence-corrected chi connectivity index (χ3v) is 6.09. The van der Waals surface area contributed by atoms with Crippen LogP contribution in [0.25, 0.3) is 0 Å². The molecular weight excluding hydrogens is 298 g/mol. The number of nitrogens with zero attached hydrogens (tertiary/aromatic N) is 1. The van der Waals surface area contributed by atoms with Gasteiger partial charge in [0.05, 0.1) is 17.6 Å². The van der Waals surface area contributed by atoms with Crippen LogP contribution in [-0.4, -0.2) is 38.0 Å². The van der Waals surface area contributed by atoms with Crippen molar-refractivity contribution in [3.63, 3.8) is 0 Å². The fourth-order valence-corrected chi connectivity index (χ4v) is 4.67. The molecule has 112 valence electrons. The van der Waals surface area contributed by atoms with Crippen molar-refractivity contribution in [1.29, 1.82) is 0 Å².